The van der Waals surface area contributed by atoms with Gasteiger partial charge in [-0.25, -0.2) is 9.37 Å². The van der Waals surface area contributed by atoms with Crippen molar-refractivity contribution in [1.82, 2.24) is 4.98 Å². The van der Waals surface area contributed by atoms with Gasteiger partial charge >= 0.3 is 0 Å². The lowest BCUT2D eigenvalue weighted by atomic mass is 10.2. The van der Waals surface area contributed by atoms with Crippen molar-refractivity contribution in [2.45, 2.75) is 10.1 Å². The highest BCUT2D eigenvalue weighted by molar-refractivity contribution is 8.00. The largest absolute Gasteiger partial charge is 0.399 e. The molecule has 2 aromatic carbocycles. The van der Waals surface area contributed by atoms with Crippen LogP contribution in [0.5, 0.6) is 0 Å². The second-order valence-corrected chi connectivity index (χ2v) is 6.90. The van der Waals surface area contributed by atoms with Crippen molar-refractivity contribution in [1.29, 1.82) is 0 Å². The molecule has 0 saturated heterocycles. The van der Waals surface area contributed by atoms with E-state index in [0.717, 1.165) is 25.8 Å². The summed E-state index contributed by atoms with van der Waals surface area (Å²) in [5.74, 6) is 0.269. The molecule has 0 spiro atoms. The maximum Gasteiger partial charge on any atom is 0.151 e. The van der Waals surface area contributed by atoms with Crippen LogP contribution >= 0.6 is 34.7 Å². The van der Waals surface area contributed by atoms with Gasteiger partial charge in [0.1, 0.15) is 5.82 Å². The lowest BCUT2D eigenvalue weighted by Crippen LogP contribution is -1.84. The molecular weight excluding hydrogens is 315 g/mol. The number of thioether (sulfide) groups is 1. The van der Waals surface area contributed by atoms with Gasteiger partial charge in [-0.15, -0.1) is 11.3 Å². The number of fused-ring (bicyclic) bond motifs is 1. The topological polar surface area (TPSA) is 38.9 Å². The van der Waals surface area contributed by atoms with E-state index in [4.69, 9.17) is 17.3 Å². The number of hydrogen-bond donors (Lipinski definition) is 1. The molecule has 0 amide bonds. The molecule has 0 bridgehead atoms. The molecule has 20 heavy (non-hydrogen) atoms. The van der Waals surface area contributed by atoms with E-state index in [1.807, 2.05) is 24.3 Å². The summed E-state index contributed by atoms with van der Waals surface area (Å²) in [4.78, 5) is 4.51. The van der Waals surface area contributed by atoms with Crippen LogP contribution in [0, 0.1) is 5.82 Å². The van der Waals surface area contributed by atoms with Gasteiger partial charge in [-0.05, 0) is 35.9 Å². The molecule has 0 aliphatic rings. The molecule has 0 aliphatic carbocycles. The van der Waals surface area contributed by atoms with Gasteiger partial charge in [-0.2, -0.15) is 0 Å². The molecule has 0 saturated carbocycles. The molecule has 0 fully saturated rings. The van der Waals surface area contributed by atoms with Crippen molar-refractivity contribution in [3.63, 3.8) is 0 Å². The summed E-state index contributed by atoms with van der Waals surface area (Å²) in [6.45, 7) is 0. The average Bonchev–Trinajstić information content (AvgIpc) is 2.82. The third-order valence-electron chi connectivity index (χ3n) is 2.74. The zero-order valence-electron chi connectivity index (χ0n) is 10.3. The molecule has 2 N–H and O–H groups in total. The van der Waals surface area contributed by atoms with Gasteiger partial charge in [0, 0.05) is 11.4 Å². The Bertz CT molecular complexity index is 773. The molecule has 0 aliphatic heterocycles. The highest BCUT2D eigenvalue weighted by Crippen LogP contribution is 2.32. The molecule has 3 aromatic rings. The Morgan fingerprint density at radius 3 is 2.90 bits per heavy atom. The van der Waals surface area contributed by atoms with Crippen molar-refractivity contribution in [2.75, 3.05) is 5.73 Å². The Labute approximate surface area is 128 Å². The van der Waals surface area contributed by atoms with E-state index in [1.54, 1.807) is 29.2 Å². The van der Waals surface area contributed by atoms with Crippen LogP contribution in [-0.2, 0) is 5.75 Å². The summed E-state index contributed by atoms with van der Waals surface area (Å²) in [6, 6.07) is 10.5. The number of nitrogens with two attached hydrogens (primary N) is 1. The minimum Gasteiger partial charge on any atom is -0.399 e. The number of nitrogen functional groups attached to an aromatic ring is 1. The van der Waals surface area contributed by atoms with Crippen LogP contribution in [0.25, 0.3) is 10.2 Å². The van der Waals surface area contributed by atoms with Crippen molar-refractivity contribution in [3.05, 3.63) is 52.8 Å². The third kappa shape index (κ3) is 2.90. The third-order valence-corrected chi connectivity index (χ3v) is 5.28. The van der Waals surface area contributed by atoms with Gasteiger partial charge in [0.2, 0.25) is 0 Å². The van der Waals surface area contributed by atoms with Crippen molar-refractivity contribution in [2.24, 2.45) is 0 Å². The maximum absolute atomic E-state index is 13.3. The fraction of sp³-hybridized carbons (Fsp3) is 0.0714. The zero-order chi connectivity index (χ0) is 14.1. The van der Waals surface area contributed by atoms with E-state index in [-0.39, 0.29) is 10.8 Å². The van der Waals surface area contributed by atoms with Crippen LogP contribution in [0.1, 0.15) is 5.56 Å². The summed E-state index contributed by atoms with van der Waals surface area (Å²) in [7, 11) is 0. The summed E-state index contributed by atoms with van der Waals surface area (Å²) >= 11 is 8.83. The number of benzene rings is 2. The maximum atomic E-state index is 13.3. The smallest absolute Gasteiger partial charge is 0.151 e. The van der Waals surface area contributed by atoms with E-state index in [0.29, 0.717) is 5.75 Å². The van der Waals surface area contributed by atoms with E-state index in [2.05, 4.69) is 4.98 Å². The van der Waals surface area contributed by atoms with Crippen molar-refractivity contribution < 1.29 is 4.39 Å². The number of aromatic nitrogens is 1. The fourth-order valence-corrected chi connectivity index (χ4v) is 3.93. The first kappa shape index (κ1) is 13.7. The molecule has 0 atom stereocenters. The predicted octanol–water partition coefficient (Wildman–Crippen LogP) is 4.96. The Hall–Kier alpha value is -1.30. The van der Waals surface area contributed by atoms with Crippen LogP contribution in [0.2, 0.25) is 5.02 Å². The first-order valence-corrected chi connectivity index (χ1v) is 8.02. The van der Waals surface area contributed by atoms with E-state index in [1.165, 1.54) is 6.07 Å². The standard InChI is InChI=1S/C14H10ClFN2S2/c15-10-3-1-8(5-11(10)16)7-19-14-18-12-4-2-9(17)6-13(12)20-14/h1-6H,7,17H2. The number of hydrogen-bond acceptors (Lipinski definition) is 4. The summed E-state index contributed by atoms with van der Waals surface area (Å²) in [5, 5.41) is 0.147. The van der Waals surface area contributed by atoms with Crippen LogP contribution in [0.4, 0.5) is 10.1 Å². The number of anilines is 1. The molecular formula is C14H10ClFN2S2. The van der Waals surface area contributed by atoms with E-state index >= 15 is 0 Å². The minimum absolute atomic E-state index is 0.147. The second-order valence-electron chi connectivity index (χ2n) is 4.24. The second kappa shape index (κ2) is 5.60. The summed E-state index contributed by atoms with van der Waals surface area (Å²) in [6.07, 6.45) is 0. The molecule has 0 unspecified atom stereocenters. The Morgan fingerprint density at radius 1 is 1.25 bits per heavy atom. The van der Waals surface area contributed by atoms with Gasteiger partial charge in [0.25, 0.3) is 0 Å². The highest BCUT2D eigenvalue weighted by Gasteiger charge is 2.06. The molecule has 1 aromatic heterocycles. The van der Waals surface area contributed by atoms with Crippen LogP contribution in [0.15, 0.2) is 40.7 Å². The number of nitrogens with zero attached hydrogens (tertiary/aromatic N) is 1. The molecule has 0 radical (unpaired) electrons. The monoisotopic (exact) mass is 324 g/mol. The fourth-order valence-electron chi connectivity index (χ4n) is 1.76. The SMILES string of the molecule is Nc1ccc2nc(SCc3ccc(Cl)c(F)c3)sc2c1. The number of thiazole rings is 1. The van der Waals surface area contributed by atoms with E-state index < -0.39 is 0 Å². The van der Waals surface area contributed by atoms with Crippen LogP contribution in [0.3, 0.4) is 0 Å². The van der Waals surface area contributed by atoms with Gasteiger partial charge in [0.05, 0.1) is 15.2 Å². The Kier molecular flexibility index (Phi) is 3.83. The average molecular weight is 325 g/mol. The zero-order valence-corrected chi connectivity index (χ0v) is 12.7. The number of rotatable bonds is 3. The minimum atomic E-state index is -0.387. The lowest BCUT2D eigenvalue weighted by Gasteiger charge is -2.00. The Balaban J connectivity index is 1.77. The molecule has 6 heteroatoms. The first-order valence-electron chi connectivity index (χ1n) is 5.84. The van der Waals surface area contributed by atoms with Crippen molar-refractivity contribution in [3.8, 4) is 0 Å². The van der Waals surface area contributed by atoms with Gasteiger partial charge in [0.15, 0.2) is 4.34 Å². The summed E-state index contributed by atoms with van der Waals surface area (Å²) < 4.78 is 15.4. The number of halogens is 2. The van der Waals surface area contributed by atoms with Crippen molar-refractivity contribution >= 4 is 50.6 Å². The van der Waals surface area contributed by atoms with Gasteiger partial charge in [-0.3, -0.25) is 0 Å². The highest BCUT2D eigenvalue weighted by atomic mass is 35.5. The van der Waals surface area contributed by atoms with Gasteiger partial charge < -0.3 is 5.73 Å². The summed E-state index contributed by atoms with van der Waals surface area (Å²) in [5.41, 5.74) is 8.30. The first-order chi connectivity index (χ1) is 9.61. The van der Waals surface area contributed by atoms with Crippen LogP contribution < -0.4 is 5.73 Å². The van der Waals surface area contributed by atoms with Gasteiger partial charge in [-0.1, -0.05) is 29.4 Å². The molecule has 1 heterocycles. The quantitative estimate of drug-likeness (QED) is 0.546. The predicted molar refractivity (Wildman–Crippen MR) is 85.0 cm³/mol. The van der Waals surface area contributed by atoms with Crippen LogP contribution in [-0.4, -0.2) is 4.98 Å². The molecule has 102 valence electrons. The van der Waals surface area contributed by atoms with E-state index in [9.17, 15) is 4.39 Å². The Morgan fingerprint density at radius 2 is 2.10 bits per heavy atom. The normalized spacial score (nSPS) is 11.1. The lowest BCUT2D eigenvalue weighted by molar-refractivity contribution is 0.627. The molecule has 2 nitrogen and oxygen atoms in total. The molecule has 3 rings (SSSR count).